The summed E-state index contributed by atoms with van der Waals surface area (Å²) >= 11 is 6.48. The number of carboxylic acid groups (broad SMARTS) is 1. The van der Waals surface area contributed by atoms with Gasteiger partial charge < -0.3 is 34.3 Å². The Labute approximate surface area is 266 Å². The van der Waals surface area contributed by atoms with Crippen LogP contribution in [0.2, 0.25) is 5.02 Å². The lowest BCUT2D eigenvalue weighted by molar-refractivity contribution is -0.144. The van der Waals surface area contributed by atoms with Gasteiger partial charge in [0.25, 0.3) is 5.91 Å². The van der Waals surface area contributed by atoms with Crippen molar-refractivity contribution in [2.24, 2.45) is 5.41 Å². The first-order chi connectivity index (χ1) is 21.3. The molecule has 3 aromatic carbocycles. The molecule has 0 saturated heterocycles. The van der Waals surface area contributed by atoms with Crippen LogP contribution in [0.15, 0.2) is 60.7 Å². The summed E-state index contributed by atoms with van der Waals surface area (Å²) in [6.45, 7) is 5.12. The first-order valence-corrected chi connectivity index (χ1v) is 14.5. The number of hydrogen-bond acceptors (Lipinski definition) is 8. The Balaban J connectivity index is 1.82. The van der Waals surface area contributed by atoms with Gasteiger partial charge >= 0.3 is 11.9 Å². The SMILES string of the molecule is COc1cccc([C@H]2O[C@H](CC(=O)Nc3ccccc3C(=O)O)C(=O)N(CC(C)(C)COC(C)=O)c3ccc(Cl)cc32)c1OC. The van der Waals surface area contributed by atoms with E-state index in [2.05, 4.69) is 5.32 Å². The number of ether oxygens (including phenoxy) is 4. The van der Waals surface area contributed by atoms with Crippen LogP contribution in [0.4, 0.5) is 11.4 Å². The molecule has 1 heterocycles. The third kappa shape index (κ3) is 7.73. The maximum Gasteiger partial charge on any atom is 0.337 e. The Morgan fingerprint density at radius 1 is 1.02 bits per heavy atom. The van der Waals surface area contributed by atoms with Crippen LogP contribution < -0.4 is 19.7 Å². The van der Waals surface area contributed by atoms with Crippen molar-refractivity contribution in [2.75, 3.05) is 37.6 Å². The summed E-state index contributed by atoms with van der Waals surface area (Å²) in [7, 11) is 2.98. The normalized spacial score (nSPS) is 16.3. The number of carboxylic acids is 1. The fourth-order valence-corrected chi connectivity index (χ4v) is 5.33. The molecule has 0 saturated carbocycles. The van der Waals surface area contributed by atoms with E-state index in [4.69, 9.17) is 30.5 Å². The number of para-hydroxylation sites is 2. The standard InChI is InChI=1S/C33H35ClN2O9/c1-19(37)44-18-33(2,3)17-36-25-14-13-20(34)15-23(25)29(22-10-8-12-26(42-4)30(22)43-5)45-27(31(36)39)16-28(38)35-24-11-7-6-9-21(24)32(40)41/h6-15,27,29H,16-18H2,1-5H3,(H,35,38)(H,40,41)/t27-,29-/m1/s1. The van der Waals surface area contributed by atoms with Crippen molar-refractivity contribution >= 4 is 46.7 Å². The van der Waals surface area contributed by atoms with Crippen molar-refractivity contribution in [1.29, 1.82) is 0 Å². The average Bonchev–Trinajstić information content (AvgIpc) is 3.10. The lowest BCUT2D eigenvalue weighted by Crippen LogP contribution is -2.46. The molecule has 0 fully saturated rings. The second kappa shape index (κ2) is 14.0. The summed E-state index contributed by atoms with van der Waals surface area (Å²) in [5.74, 6) is -2.04. The van der Waals surface area contributed by atoms with Crippen LogP contribution in [0.5, 0.6) is 11.5 Å². The Morgan fingerprint density at radius 3 is 2.42 bits per heavy atom. The Hall–Kier alpha value is -4.61. The summed E-state index contributed by atoms with van der Waals surface area (Å²) in [5, 5.41) is 12.6. The number of anilines is 2. The van der Waals surface area contributed by atoms with Crippen molar-refractivity contribution in [3.63, 3.8) is 0 Å². The highest BCUT2D eigenvalue weighted by Gasteiger charge is 2.41. The average molecular weight is 639 g/mol. The molecular formula is C33H35ClN2O9. The number of esters is 1. The smallest absolute Gasteiger partial charge is 0.337 e. The van der Waals surface area contributed by atoms with E-state index in [0.29, 0.717) is 33.3 Å². The van der Waals surface area contributed by atoms with Gasteiger partial charge in [-0.15, -0.1) is 0 Å². The van der Waals surface area contributed by atoms with E-state index in [0.717, 1.165) is 0 Å². The topological polar surface area (TPSA) is 141 Å². The minimum atomic E-state index is -1.33. The van der Waals surface area contributed by atoms with E-state index in [9.17, 15) is 24.3 Å². The lowest BCUT2D eigenvalue weighted by Gasteiger charge is -2.33. The number of benzene rings is 3. The van der Waals surface area contributed by atoms with Crippen molar-refractivity contribution < 1.29 is 43.2 Å². The van der Waals surface area contributed by atoms with Crippen LogP contribution in [0.25, 0.3) is 0 Å². The van der Waals surface area contributed by atoms with E-state index >= 15 is 0 Å². The number of amides is 2. The molecule has 1 aliphatic heterocycles. The number of fused-ring (bicyclic) bond motifs is 1. The van der Waals surface area contributed by atoms with Crippen molar-refractivity contribution in [3.05, 3.63) is 82.4 Å². The van der Waals surface area contributed by atoms with Crippen LogP contribution in [0.1, 0.15) is 54.8 Å². The van der Waals surface area contributed by atoms with Gasteiger partial charge in [-0.3, -0.25) is 14.4 Å². The van der Waals surface area contributed by atoms with Gasteiger partial charge in [0.15, 0.2) is 11.5 Å². The molecule has 1 aliphatic rings. The molecule has 238 valence electrons. The number of methoxy groups -OCH3 is 2. The largest absolute Gasteiger partial charge is 0.493 e. The fraction of sp³-hybridized carbons (Fsp3) is 0.333. The van der Waals surface area contributed by atoms with Gasteiger partial charge in [0.1, 0.15) is 12.2 Å². The first-order valence-electron chi connectivity index (χ1n) is 14.1. The highest BCUT2D eigenvalue weighted by Crippen LogP contribution is 2.45. The zero-order valence-electron chi connectivity index (χ0n) is 25.6. The molecule has 3 aromatic rings. The highest BCUT2D eigenvalue weighted by atomic mass is 35.5. The molecule has 2 amide bonds. The van der Waals surface area contributed by atoms with Crippen LogP contribution >= 0.6 is 11.6 Å². The van der Waals surface area contributed by atoms with Gasteiger partial charge in [0.05, 0.1) is 38.5 Å². The molecule has 0 aromatic heterocycles. The van der Waals surface area contributed by atoms with Crippen LogP contribution in [-0.4, -0.2) is 62.3 Å². The summed E-state index contributed by atoms with van der Waals surface area (Å²) in [6, 6.07) is 16.2. The monoisotopic (exact) mass is 638 g/mol. The zero-order valence-corrected chi connectivity index (χ0v) is 26.3. The summed E-state index contributed by atoms with van der Waals surface area (Å²) in [6.07, 6.45) is -2.73. The number of hydrogen-bond donors (Lipinski definition) is 2. The molecule has 0 aliphatic carbocycles. The fourth-order valence-electron chi connectivity index (χ4n) is 5.15. The van der Waals surface area contributed by atoms with Gasteiger partial charge in [0.2, 0.25) is 5.91 Å². The van der Waals surface area contributed by atoms with Crippen LogP contribution in [0, 0.1) is 5.41 Å². The van der Waals surface area contributed by atoms with Crippen molar-refractivity contribution in [3.8, 4) is 11.5 Å². The molecule has 2 N–H and O–H groups in total. The van der Waals surface area contributed by atoms with Gasteiger partial charge in [-0.1, -0.05) is 49.7 Å². The summed E-state index contributed by atoms with van der Waals surface area (Å²) < 4.78 is 23.0. The zero-order chi connectivity index (χ0) is 32.9. The van der Waals surface area contributed by atoms with E-state index in [1.54, 1.807) is 48.5 Å². The second-order valence-electron chi connectivity index (χ2n) is 11.3. The molecule has 4 rings (SSSR count). The van der Waals surface area contributed by atoms with Crippen molar-refractivity contribution in [1.82, 2.24) is 0 Å². The number of nitrogens with one attached hydrogen (secondary N) is 1. The van der Waals surface area contributed by atoms with Crippen LogP contribution in [-0.2, 0) is 23.9 Å². The predicted molar refractivity (Wildman–Crippen MR) is 167 cm³/mol. The highest BCUT2D eigenvalue weighted by molar-refractivity contribution is 6.30. The second-order valence-corrected chi connectivity index (χ2v) is 11.7. The van der Waals surface area contributed by atoms with Crippen LogP contribution in [0.3, 0.4) is 0 Å². The number of rotatable bonds is 11. The van der Waals surface area contributed by atoms with E-state index < -0.39 is 47.8 Å². The minimum absolute atomic E-state index is 0.0279. The number of nitrogens with zero attached hydrogens (tertiary/aromatic N) is 1. The third-order valence-electron chi connectivity index (χ3n) is 7.18. The Bertz CT molecular complexity index is 1610. The molecule has 0 spiro atoms. The predicted octanol–water partition coefficient (Wildman–Crippen LogP) is 5.49. The Kier molecular flexibility index (Phi) is 10.4. The minimum Gasteiger partial charge on any atom is -0.493 e. The van der Waals surface area contributed by atoms with Gasteiger partial charge in [-0.05, 0) is 36.4 Å². The van der Waals surface area contributed by atoms with Gasteiger partial charge in [0, 0.05) is 40.7 Å². The molecule has 0 unspecified atom stereocenters. The molecule has 0 radical (unpaired) electrons. The molecule has 12 heteroatoms. The quantitative estimate of drug-likeness (QED) is 0.261. The number of carbonyl (C=O) groups is 4. The molecular weight excluding hydrogens is 604 g/mol. The van der Waals surface area contributed by atoms with E-state index in [1.165, 1.54) is 38.2 Å². The maximum absolute atomic E-state index is 14.4. The van der Waals surface area contributed by atoms with E-state index in [1.807, 2.05) is 13.8 Å². The van der Waals surface area contributed by atoms with E-state index in [-0.39, 0.29) is 24.4 Å². The number of halogens is 1. The number of carbonyl (C=O) groups excluding carboxylic acids is 3. The molecule has 11 nitrogen and oxygen atoms in total. The number of aromatic carboxylic acids is 1. The first kappa shape index (κ1) is 33.3. The third-order valence-corrected chi connectivity index (χ3v) is 7.41. The molecule has 45 heavy (non-hydrogen) atoms. The van der Waals surface area contributed by atoms with Gasteiger partial charge in [-0.2, -0.15) is 0 Å². The molecule has 0 bridgehead atoms. The summed E-state index contributed by atoms with van der Waals surface area (Å²) in [5.41, 5.74) is 0.805. The van der Waals surface area contributed by atoms with Crippen molar-refractivity contribution in [2.45, 2.75) is 39.4 Å². The Morgan fingerprint density at radius 2 is 1.76 bits per heavy atom. The lowest BCUT2D eigenvalue weighted by atomic mass is 9.92. The van der Waals surface area contributed by atoms with Gasteiger partial charge in [-0.25, -0.2) is 4.79 Å². The maximum atomic E-state index is 14.4. The molecule has 2 atom stereocenters. The summed E-state index contributed by atoms with van der Waals surface area (Å²) in [4.78, 5) is 52.6.